The SMILES string of the molecule is CC(C)[C@@H](NC(=O)CC1COCCC1NC(=O)OCC1c2ccccc2-c2ccccc21)C(=O)O. The van der Waals surface area contributed by atoms with Crippen LogP contribution in [0.3, 0.4) is 0 Å². The van der Waals surface area contributed by atoms with Gasteiger partial charge >= 0.3 is 12.1 Å². The summed E-state index contributed by atoms with van der Waals surface area (Å²) in [4.78, 5) is 36.6. The summed E-state index contributed by atoms with van der Waals surface area (Å²) in [6.07, 6.45) is 0.0780. The number of carbonyl (C=O) groups is 3. The fourth-order valence-electron chi connectivity index (χ4n) is 4.96. The number of hydrogen-bond donors (Lipinski definition) is 3. The van der Waals surface area contributed by atoms with Crippen LogP contribution in [0, 0.1) is 11.8 Å². The van der Waals surface area contributed by atoms with Crippen molar-refractivity contribution in [3.63, 3.8) is 0 Å². The molecule has 2 unspecified atom stereocenters. The zero-order chi connectivity index (χ0) is 24.9. The number of alkyl carbamates (subject to hydrolysis) is 1. The zero-order valence-corrected chi connectivity index (χ0v) is 20.0. The molecular weight excluding hydrogens is 448 g/mol. The van der Waals surface area contributed by atoms with Gasteiger partial charge in [-0.05, 0) is 34.6 Å². The largest absolute Gasteiger partial charge is 0.480 e. The van der Waals surface area contributed by atoms with Gasteiger partial charge in [-0.3, -0.25) is 4.79 Å². The molecule has 1 aliphatic carbocycles. The van der Waals surface area contributed by atoms with Gasteiger partial charge in [0.1, 0.15) is 12.6 Å². The maximum absolute atomic E-state index is 12.7. The van der Waals surface area contributed by atoms with Crippen LogP contribution in [0.15, 0.2) is 48.5 Å². The summed E-state index contributed by atoms with van der Waals surface area (Å²) in [7, 11) is 0. The maximum Gasteiger partial charge on any atom is 0.407 e. The molecule has 0 spiro atoms. The minimum atomic E-state index is -1.07. The highest BCUT2D eigenvalue weighted by Crippen LogP contribution is 2.44. The van der Waals surface area contributed by atoms with E-state index >= 15 is 0 Å². The highest BCUT2D eigenvalue weighted by atomic mass is 16.5. The van der Waals surface area contributed by atoms with Crippen LogP contribution in [-0.4, -0.2) is 55.0 Å². The summed E-state index contributed by atoms with van der Waals surface area (Å²) in [5.41, 5.74) is 4.60. The lowest BCUT2D eigenvalue weighted by Crippen LogP contribution is -2.49. The Balaban J connectivity index is 1.35. The van der Waals surface area contributed by atoms with E-state index < -0.39 is 18.1 Å². The summed E-state index contributed by atoms with van der Waals surface area (Å²) in [5.74, 6) is -1.99. The average molecular weight is 481 g/mol. The van der Waals surface area contributed by atoms with Gasteiger partial charge in [-0.25, -0.2) is 9.59 Å². The molecule has 3 atom stereocenters. The normalized spacial score (nSPS) is 20.0. The lowest BCUT2D eigenvalue weighted by Gasteiger charge is -2.32. The van der Waals surface area contributed by atoms with Gasteiger partial charge in [0.2, 0.25) is 5.91 Å². The zero-order valence-electron chi connectivity index (χ0n) is 20.0. The van der Waals surface area contributed by atoms with Crippen LogP contribution in [0.2, 0.25) is 0 Å². The highest BCUT2D eigenvalue weighted by Gasteiger charge is 2.33. The Morgan fingerprint density at radius 3 is 2.29 bits per heavy atom. The first-order valence-corrected chi connectivity index (χ1v) is 12.1. The first-order valence-electron chi connectivity index (χ1n) is 12.1. The number of amides is 2. The molecule has 2 aliphatic rings. The molecule has 1 saturated heterocycles. The van der Waals surface area contributed by atoms with E-state index in [0.29, 0.717) is 19.6 Å². The van der Waals surface area contributed by atoms with Crippen LogP contribution < -0.4 is 10.6 Å². The van der Waals surface area contributed by atoms with Gasteiger partial charge in [-0.2, -0.15) is 0 Å². The molecule has 0 radical (unpaired) electrons. The lowest BCUT2D eigenvalue weighted by molar-refractivity contribution is -0.143. The second-order valence-corrected chi connectivity index (χ2v) is 9.53. The molecule has 8 nitrogen and oxygen atoms in total. The fourth-order valence-corrected chi connectivity index (χ4v) is 4.96. The predicted octanol–water partition coefficient (Wildman–Crippen LogP) is 3.55. The third kappa shape index (κ3) is 5.65. The topological polar surface area (TPSA) is 114 Å². The summed E-state index contributed by atoms with van der Waals surface area (Å²) in [6, 6.07) is 15.0. The number of nitrogens with one attached hydrogen (secondary N) is 2. The first-order chi connectivity index (χ1) is 16.8. The number of carboxylic acids is 1. The second-order valence-electron chi connectivity index (χ2n) is 9.53. The summed E-state index contributed by atoms with van der Waals surface area (Å²) in [5, 5.41) is 14.8. The van der Waals surface area contributed by atoms with E-state index in [2.05, 4.69) is 34.9 Å². The van der Waals surface area contributed by atoms with Gasteiger partial charge in [0.15, 0.2) is 0 Å². The standard InChI is InChI=1S/C27H32N2O6/c1-16(2)25(26(31)32)29-24(30)13-17-14-34-12-11-23(17)28-27(33)35-15-22-20-9-5-3-7-18(20)19-8-4-6-10-21(19)22/h3-10,16-17,22-23,25H,11-15H2,1-2H3,(H,28,33)(H,29,30)(H,31,32)/t17?,23?,25-/m1/s1. The van der Waals surface area contributed by atoms with E-state index in [1.807, 2.05) is 24.3 Å². The van der Waals surface area contributed by atoms with Gasteiger partial charge in [-0.1, -0.05) is 62.4 Å². The predicted molar refractivity (Wildman–Crippen MR) is 130 cm³/mol. The lowest BCUT2D eigenvalue weighted by atomic mass is 9.92. The van der Waals surface area contributed by atoms with Crippen molar-refractivity contribution in [2.24, 2.45) is 11.8 Å². The van der Waals surface area contributed by atoms with Crippen molar-refractivity contribution >= 4 is 18.0 Å². The number of benzene rings is 2. The Morgan fingerprint density at radius 2 is 1.69 bits per heavy atom. The molecule has 1 fully saturated rings. The smallest absolute Gasteiger partial charge is 0.407 e. The number of carbonyl (C=O) groups excluding carboxylic acids is 2. The van der Waals surface area contributed by atoms with Crippen LogP contribution >= 0.6 is 0 Å². The Kier molecular flexibility index (Phi) is 7.70. The van der Waals surface area contributed by atoms with E-state index in [4.69, 9.17) is 9.47 Å². The van der Waals surface area contributed by atoms with Crippen LogP contribution in [0.1, 0.15) is 43.7 Å². The summed E-state index contributed by atoms with van der Waals surface area (Å²) in [6.45, 7) is 4.47. The van der Waals surface area contributed by atoms with E-state index in [9.17, 15) is 19.5 Å². The molecular formula is C27H32N2O6. The van der Waals surface area contributed by atoms with Crippen molar-refractivity contribution in [3.05, 3.63) is 59.7 Å². The van der Waals surface area contributed by atoms with Crippen molar-refractivity contribution in [1.29, 1.82) is 0 Å². The minimum Gasteiger partial charge on any atom is -0.480 e. The molecule has 3 N–H and O–H groups in total. The van der Waals surface area contributed by atoms with Crippen molar-refractivity contribution in [2.45, 2.75) is 44.7 Å². The quantitative estimate of drug-likeness (QED) is 0.533. The molecule has 2 aromatic rings. The third-order valence-electron chi connectivity index (χ3n) is 6.82. The summed E-state index contributed by atoms with van der Waals surface area (Å²) < 4.78 is 11.2. The number of carboxylic acid groups (broad SMARTS) is 1. The third-order valence-corrected chi connectivity index (χ3v) is 6.82. The minimum absolute atomic E-state index is 0.0339. The van der Waals surface area contributed by atoms with Gasteiger partial charge in [0.05, 0.1) is 6.61 Å². The van der Waals surface area contributed by atoms with E-state index in [-0.39, 0.29) is 42.7 Å². The van der Waals surface area contributed by atoms with Crippen molar-refractivity contribution in [2.75, 3.05) is 19.8 Å². The number of aliphatic carboxylic acids is 1. The van der Waals surface area contributed by atoms with Gasteiger partial charge in [0.25, 0.3) is 0 Å². The Hall–Kier alpha value is -3.39. The fraction of sp³-hybridized carbons (Fsp3) is 0.444. The van der Waals surface area contributed by atoms with Gasteiger partial charge < -0.3 is 25.2 Å². The molecule has 0 bridgehead atoms. The number of hydrogen-bond acceptors (Lipinski definition) is 5. The molecule has 0 saturated carbocycles. The Labute approximate surface area is 205 Å². The van der Waals surface area contributed by atoms with Gasteiger partial charge in [0, 0.05) is 30.9 Å². The van der Waals surface area contributed by atoms with Crippen molar-refractivity contribution < 1.29 is 29.0 Å². The molecule has 186 valence electrons. The monoisotopic (exact) mass is 480 g/mol. The first kappa shape index (κ1) is 24.7. The average Bonchev–Trinajstić information content (AvgIpc) is 3.16. The van der Waals surface area contributed by atoms with Crippen molar-refractivity contribution in [3.8, 4) is 11.1 Å². The highest BCUT2D eigenvalue weighted by molar-refractivity contribution is 5.84. The van der Waals surface area contributed by atoms with Crippen LogP contribution in [-0.2, 0) is 19.1 Å². The molecule has 1 aliphatic heterocycles. The Morgan fingerprint density at radius 1 is 1.06 bits per heavy atom. The van der Waals surface area contributed by atoms with Crippen LogP contribution in [0.4, 0.5) is 4.79 Å². The van der Waals surface area contributed by atoms with Gasteiger partial charge in [-0.15, -0.1) is 0 Å². The molecule has 8 heteroatoms. The maximum atomic E-state index is 12.7. The molecule has 35 heavy (non-hydrogen) atoms. The molecule has 2 aromatic carbocycles. The summed E-state index contributed by atoms with van der Waals surface area (Å²) >= 11 is 0. The van der Waals surface area contributed by atoms with Crippen LogP contribution in [0.25, 0.3) is 11.1 Å². The van der Waals surface area contributed by atoms with E-state index in [1.165, 1.54) is 0 Å². The van der Waals surface area contributed by atoms with Crippen LogP contribution in [0.5, 0.6) is 0 Å². The van der Waals surface area contributed by atoms with E-state index in [0.717, 1.165) is 22.3 Å². The number of ether oxygens (including phenoxy) is 2. The second kappa shape index (κ2) is 10.9. The Bertz CT molecular complexity index is 1040. The number of fused-ring (bicyclic) bond motifs is 3. The molecule has 0 aromatic heterocycles. The number of rotatable bonds is 8. The molecule has 4 rings (SSSR count). The van der Waals surface area contributed by atoms with E-state index in [1.54, 1.807) is 13.8 Å². The molecule has 2 amide bonds. The molecule has 1 heterocycles. The van der Waals surface area contributed by atoms with Crippen molar-refractivity contribution in [1.82, 2.24) is 10.6 Å².